The molecular weight excluding hydrogens is 285 g/mol. The summed E-state index contributed by atoms with van der Waals surface area (Å²) >= 11 is 5.70. The number of likely N-dealkylation sites (tertiary alicyclic amines) is 1. The standard InChI is InChI=1S/C13H17ClFN3O2/c1-9(8-17-4-2-3-5-17)16-12-6-10(14)11(15)7-13(12)18(19)20/h6-7,9,16H,2-5,8H2,1H3. The molecule has 0 amide bonds. The van der Waals surface area contributed by atoms with Gasteiger partial charge in [-0.05, 0) is 38.9 Å². The third-order valence-electron chi connectivity index (χ3n) is 3.37. The zero-order valence-electron chi connectivity index (χ0n) is 11.2. The number of benzene rings is 1. The van der Waals surface area contributed by atoms with E-state index in [0.29, 0.717) is 0 Å². The first kappa shape index (κ1) is 15.0. The van der Waals surface area contributed by atoms with Crippen molar-refractivity contribution in [2.45, 2.75) is 25.8 Å². The summed E-state index contributed by atoms with van der Waals surface area (Å²) in [6, 6.07) is 2.15. The number of rotatable bonds is 5. The van der Waals surface area contributed by atoms with Crippen LogP contribution in [-0.2, 0) is 0 Å². The van der Waals surface area contributed by atoms with Gasteiger partial charge in [-0.25, -0.2) is 4.39 Å². The van der Waals surface area contributed by atoms with E-state index >= 15 is 0 Å². The Balaban J connectivity index is 2.10. The molecule has 0 saturated carbocycles. The zero-order valence-corrected chi connectivity index (χ0v) is 12.0. The summed E-state index contributed by atoms with van der Waals surface area (Å²) < 4.78 is 13.3. The van der Waals surface area contributed by atoms with Gasteiger partial charge in [0.2, 0.25) is 0 Å². The van der Waals surface area contributed by atoms with Crippen molar-refractivity contribution in [3.8, 4) is 0 Å². The molecule has 0 aliphatic carbocycles. The van der Waals surface area contributed by atoms with Gasteiger partial charge in [0.1, 0.15) is 11.5 Å². The van der Waals surface area contributed by atoms with Gasteiger partial charge in [-0.2, -0.15) is 0 Å². The van der Waals surface area contributed by atoms with Crippen LogP contribution in [0.2, 0.25) is 5.02 Å². The molecule has 1 saturated heterocycles. The summed E-state index contributed by atoms with van der Waals surface area (Å²) in [4.78, 5) is 12.7. The van der Waals surface area contributed by atoms with E-state index in [1.807, 2.05) is 6.92 Å². The molecule has 1 fully saturated rings. The summed E-state index contributed by atoms with van der Waals surface area (Å²) in [6.07, 6.45) is 2.38. The van der Waals surface area contributed by atoms with Crippen LogP contribution in [0.3, 0.4) is 0 Å². The van der Waals surface area contributed by atoms with E-state index in [4.69, 9.17) is 11.6 Å². The first-order valence-corrected chi connectivity index (χ1v) is 6.97. The minimum absolute atomic E-state index is 0.0216. The highest BCUT2D eigenvalue weighted by molar-refractivity contribution is 6.31. The van der Waals surface area contributed by atoms with Crippen LogP contribution >= 0.6 is 11.6 Å². The second-order valence-electron chi connectivity index (χ2n) is 5.09. The summed E-state index contributed by atoms with van der Waals surface area (Å²) in [5.41, 5.74) is -0.0340. The summed E-state index contributed by atoms with van der Waals surface area (Å²) in [5, 5.41) is 13.9. The fourth-order valence-corrected chi connectivity index (χ4v) is 2.63. The van der Waals surface area contributed by atoms with Crippen LogP contribution < -0.4 is 5.32 Å². The van der Waals surface area contributed by atoms with E-state index in [9.17, 15) is 14.5 Å². The van der Waals surface area contributed by atoms with Crippen LogP contribution in [0.4, 0.5) is 15.8 Å². The third kappa shape index (κ3) is 3.58. The van der Waals surface area contributed by atoms with Crippen molar-refractivity contribution in [1.29, 1.82) is 0 Å². The van der Waals surface area contributed by atoms with Gasteiger partial charge in [0.25, 0.3) is 5.69 Å². The maximum absolute atomic E-state index is 13.3. The van der Waals surface area contributed by atoms with Gasteiger partial charge in [0, 0.05) is 12.6 Å². The highest BCUT2D eigenvalue weighted by Crippen LogP contribution is 2.30. The van der Waals surface area contributed by atoms with E-state index in [0.717, 1.165) is 25.7 Å². The highest BCUT2D eigenvalue weighted by atomic mass is 35.5. The fourth-order valence-electron chi connectivity index (χ4n) is 2.47. The second kappa shape index (κ2) is 6.37. The molecule has 20 heavy (non-hydrogen) atoms. The summed E-state index contributed by atoms with van der Waals surface area (Å²) in [5.74, 6) is -0.781. The predicted octanol–water partition coefficient (Wildman–Crippen LogP) is 3.28. The Morgan fingerprint density at radius 1 is 1.50 bits per heavy atom. The average molecular weight is 302 g/mol. The molecular formula is C13H17ClFN3O2. The molecule has 0 spiro atoms. The topological polar surface area (TPSA) is 58.4 Å². The number of hydrogen-bond donors (Lipinski definition) is 1. The maximum atomic E-state index is 13.3. The molecule has 0 aromatic heterocycles. The number of nitro benzene ring substituents is 1. The monoisotopic (exact) mass is 301 g/mol. The molecule has 110 valence electrons. The van der Waals surface area contributed by atoms with Crippen LogP contribution in [0.15, 0.2) is 12.1 Å². The molecule has 1 aromatic carbocycles. The number of nitro groups is 1. The quantitative estimate of drug-likeness (QED) is 0.670. The van der Waals surface area contributed by atoms with Gasteiger partial charge in [-0.3, -0.25) is 10.1 Å². The van der Waals surface area contributed by atoms with Crippen molar-refractivity contribution in [3.05, 3.63) is 33.1 Å². The molecule has 1 aliphatic heterocycles. The average Bonchev–Trinajstić information content (AvgIpc) is 2.85. The SMILES string of the molecule is CC(CN1CCCC1)Nc1cc(Cl)c(F)cc1[N+](=O)[O-]. The van der Waals surface area contributed by atoms with E-state index in [-0.39, 0.29) is 22.4 Å². The number of halogens is 2. The first-order chi connectivity index (χ1) is 9.47. The van der Waals surface area contributed by atoms with Gasteiger partial charge in [-0.15, -0.1) is 0 Å². The van der Waals surface area contributed by atoms with Gasteiger partial charge in [0.05, 0.1) is 16.0 Å². The van der Waals surface area contributed by atoms with E-state index in [1.54, 1.807) is 0 Å². The lowest BCUT2D eigenvalue weighted by Crippen LogP contribution is -2.33. The first-order valence-electron chi connectivity index (χ1n) is 6.59. The van der Waals surface area contributed by atoms with Crippen molar-refractivity contribution in [2.24, 2.45) is 0 Å². The van der Waals surface area contributed by atoms with Crippen molar-refractivity contribution < 1.29 is 9.31 Å². The number of hydrogen-bond acceptors (Lipinski definition) is 4. The Labute approximate surface area is 121 Å². The lowest BCUT2D eigenvalue weighted by molar-refractivity contribution is -0.384. The van der Waals surface area contributed by atoms with E-state index in [2.05, 4.69) is 10.2 Å². The highest BCUT2D eigenvalue weighted by Gasteiger charge is 2.20. The minimum atomic E-state index is -0.781. The van der Waals surface area contributed by atoms with Crippen molar-refractivity contribution in [2.75, 3.05) is 25.0 Å². The number of anilines is 1. The lowest BCUT2D eigenvalue weighted by atomic mass is 10.2. The van der Waals surface area contributed by atoms with E-state index < -0.39 is 10.7 Å². The normalized spacial score (nSPS) is 17.1. The Hall–Kier alpha value is -1.40. The van der Waals surface area contributed by atoms with Crippen LogP contribution in [0.5, 0.6) is 0 Å². The molecule has 1 heterocycles. The van der Waals surface area contributed by atoms with Crippen molar-refractivity contribution in [3.63, 3.8) is 0 Å². The molecule has 1 unspecified atom stereocenters. The summed E-state index contributed by atoms with van der Waals surface area (Å²) in [6.45, 7) is 4.85. The second-order valence-corrected chi connectivity index (χ2v) is 5.50. The van der Waals surface area contributed by atoms with Crippen LogP contribution in [0.1, 0.15) is 19.8 Å². The third-order valence-corrected chi connectivity index (χ3v) is 3.66. The van der Waals surface area contributed by atoms with Gasteiger partial charge < -0.3 is 10.2 Å². The predicted molar refractivity (Wildman–Crippen MR) is 76.8 cm³/mol. The largest absolute Gasteiger partial charge is 0.376 e. The molecule has 1 aliphatic rings. The van der Waals surface area contributed by atoms with Gasteiger partial charge >= 0.3 is 0 Å². The Morgan fingerprint density at radius 3 is 2.75 bits per heavy atom. The molecule has 5 nitrogen and oxygen atoms in total. The Bertz CT molecular complexity index is 507. The molecule has 2 rings (SSSR count). The number of nitrogens with one attached hydrogen (secondary N) is 1. The zero-order chi connectivity index (χ0) is 14.7. The van der Waals surface area contributed by atoms with Gasteiger partial charge in [0.15, 0.2) is 0 Å². The van der Waals surface area contributed by atoms with E-state index in [1.165, 1.54) is 18.9 Å². The van der Waals surface area contributed by atoms with Gasteiger partial charge in [-0.1, -0.05) is 11.6 Å². The molecule has 1 N–H and O–H groups in total. The molecule has 1 atom stereocenters. The molecule has 1 aromatic rings. The van der Waals surface area contributed by atoms with Crippen molar-refractivity contribution >= 4 is 23.0 Å². The Kier molecular flexibility index (Phi) is 4.77. The lowest BCUT2D eigenvalue weighted by Gasteiger charge is -2.22. The maximum Gasteiger partial charge on any atom is 0.295 e. The van der Waals surface area contributed by atoms with Crippen LogP contribution in [-0.4, -0.2) is 35.5 Å². The number of nitrogens with zero attached hydrogens (tertiary/aromatic N) is 2. The molecule has 0 radical (unpaired) electrons. The summed E-state index contributed by atoms with van der Waals surface area (Å²) in [7, 11) is 0. The molecule has 7 heteroatoms. The van der Waals surface area contributed by atoms with Crippen LogP contribution in [0.25, 0.3) is 0 Å². The Morgan fingerprint density at radius 2 is 2.15 bits per heavy atom. The minimum Gasteiger partial charge on any atom is -0.376 e. The fraction of sp³-hybridized carbons (Fsp3) is 0.538. The smallest absolute Gasteiger partial charge is 0.295 e. The molecule has 0 bridgehead atoms. The van der Waals surface area contributed by atoms with Crippen LogP contribution in [0, 0.1) is 15.9 Å². The van der Waals surface area contributed by atoms with Crippen molar-refractivity contribution in [1.82, 2.24) is 4.90 Å².